The molecular formula is C21H20O5. The highest BCUT2D eigenvalue weighted by Crippen LogP contribution is 2.25. The molecule has 0 atom stereocenters. The topological polar surface area (TPSA) is 65.7 Å². The molecule has 0 aliphatic rings. The Balaban J connectivity index is 1.62. The zero-order chi connectivity index (χ0) is 18.7. The molecule has 0 aliphatic heterocycles. The number of ether oxygens (including phenoxy) is 2. The van der Waals surface area contributed by atoms with Crippen LogP contribution in [0.4, 0.5) is 0 Å². The second-order valence-electron chi connectivity index (χ2n) is 6.18. The molecule has 0 saturated heterocycles. The zero-order valence-electron chi connectivity index (χ0n) is 15.0. The van der Waals surface area contributed by atoms with Crippen LogP contribution in [0.25, 0.3) is 11.0 Å². The number of methoxy groups -OCH3 is 1. The molecule has 0 spiro atoms. The van der Waals surface area contributed by atoms with E-state index in [9.17, 15) is 9.59 Å². The maximum Gasteiger partial charge on any atom is 0.310 e. The Labute approximate surface area is 151 Å². The highest BCUT2D eigenvalue weighted by molar-refractivity contribution is 5.98. The molecule has 3 aromatic rings. The number of fused-ring (bicyclic) bond motifs is 1. The van der Waals surface area contributed by atoms with E-state index in [1.165, 1.54) is 0 Å². The minimum absolute atomic E-state index is 0.0609. The molecule has 0 saturated carbocycles. The van der Waals surface area contributed by atoms with E-state index in [1.54, 1.807) is 37.6 Å². The largest absolute Gasteiger partial charge is 0.497 e. The van der Waals surface area contributed by atoms with Crippen LogP contribution < -0.4 is 4.74 Å². The lowest BCUT2D eigenvalue weighted by Crippen LogP contribution is -2.15. The molecule has 5 heteroatoms. The number of esters is 1. The molecular weight excluding hydrogens is 332 g/mol. The van der Waals surface area contributed by atoms with Gasteiger partial charge in [0.25, 0.3) is 0 Å². The summed E-state index contributed by atoms with van der Waals surface area (Å²) in [6.07, 6.45) is 1.63. The minimum atomic E-state index is -0.465. The predicted octanol–water partition coefficient (Wildman–Crippen LogP) is 4.03. The molecule has 5 nitrogen and oxygen atoms in total. The standard InChI is InChI=1S/C21H20O5/c1-13-8-18-16(11-25-20(18)9-14(13)2)10-21(23)26-12-19(22)15-4-6-17(24-3)7-5-15/h4-9,11H,10,12H2,1-3H3. The Bertz CT molecular complexity index is 950. The molecule has 0 unspecified atom stereocenters. The molecule has 0 aliphatic carbocycles. The van der Waals surface area contributed by atoms with E-state index in [0.717, 1.165) is 27.7 Å². The van der Waals surface area contributed by atoms with Crippen molar-refractivity contribution in [2.24, 2.45) is 0 Å². The third-order valence-corrected chi connectivity index (χ3v) is 4.38. The fraction of sp³-hybridized carbons (Fsp3) is 0.238. The summed E-state index contributed by atoms with van der Waals surface area (Å²) in [5.74, 6) is -0.0618. The van der Waals surface area contributed by atoms with Crippen LogP contribution in [-0.4, -0.2) is 25.5 Å². The molecule has 1 aromatic heterocycles. The van der Waals surface area contributed by atoms with Crippen LogP contribution in [-0.2, 0) is 16.0 Å². The number of benzene rings is 2. The van der Waals surface area contributed by atoms with Crippen LogP contribution in [0, 0.1) is 13.8 Å². The lowest BCUT2D eigenvalue weighted by Gasteiger charge is -2.05. The summed E-state index contributed by atoms with van der Waals surface area (Å²) in [5.41, 5.74) is 4.22. The van der Waals surface area contributed by atoms with Crippen LogP contribution >= 0.6 is 0 Å². The van der Waals surface area contributed by atoms with Gasteiger partial charge in [-0.25, -0.2) is 0 Å². The number of Topliss-reactive ketones (excluding diaryl/α,β-unsaturated/α-hetero) is 1. The molecule has 3 rings (SSSR count). The number of ketones is 1. The van der Waals surface area contributed by atoms with Crippen molar-refractivity contribution in [2.45, 2.75) is 20.3 Å². The van der Waals surface area contributed by atoms with Crippen molar-refractivity contribution in [1.29, 1.82) is 0 Å². The van der Waals surface area contributed by atoms with E-state index in [-0.39, 0.29) is 18.8 Å². The van der Waals surface area contributed by atoms with E-state index in [4.69, 9.17) is 13.9 Å². The van der Waals surface area contributed by atoms with Gasteiger partial charge in [-0.15, -0.1) is 0 Å². The smallest absolute Gasteiger partial charge is 0.310 e. The number of hydrogen-bond acceptors (Lipinski definition) is 5. The summed E-state index contributed by atoms with van der Waals surface area (Å²) >= 11 is 0. The van der Waals surface area contributed by atoms with Gasteiger partial charge in [-0.05, 0) is 61.4 Å². The Morgan fingerprint density at radius 1 is 1.04 bits per heavy atom. The number of carbonyl (C=O) groups excluding carboxylic acids is 2. The summed E-state index contributed by atoms with van der Waals surface area (Å²) in [7, 11) is 1.56. The maximum absolute atomic E-state index is 12.1. The van der Waals surface area contributed by atoms with E-state index in [0.29, 0.717) is 11.3 Å². The fourth-order valence-electron chi connectivity index (χ4n) is 2.69. The molecule has 0 radical (unpaired) electrons. The maximum atomic E-state index is 12.1. The molecule has 1 heterocycles. The van der Waals surface area contributed by atoms with Crippen molar-refractivity contribution in [3.8, 4) is 5.75 Å². The van der Waals surface area contributed by atoms with Crippen molar-refractivity contribution in [3.63, 3.8) is 0 Å². The van der Waals surface area contributed by atoms with Crippen molar-refractivity contribution in [2.75, 3.05) is 13.7 Å². The third-order valence-electron chi connectivity index (χ3n) is 4.38. The number of rotatable bonds is 6. The van der Waals surface area contributed by atoms with Gasteiger partial charge in [0, 0.05) is 16.5 Å². The van der Waals surface area contributed by atoms with Gasteiger partial charge in [0.2, 0.25) is 0 Å². The summed E-state index contributed by atoms with van der Waals surface area (Å²) in [6, 6.07) is 10.6. The van der Waals surface area contributed by atoms with Crippen molar-refractivity contribution in [3.05, 3.63) is 64.9 Å². The quantitative estimate of drug-likeness (QED) is 0.495. The van der Waals surface area contributed by atoms with Gasteiger partial charge >= 0.3 is 5.97 Å². The molecule has 2 aromatic carbocycles. The third kappa shape index (κ3) is 3.77. The van der Waals surface area contributed by atoms with Crippen LogP contribution in [0.5, 0.6) is 5.75 Å². The predicted molar refractivity (Wildman–Crippen MR) is 97.7 cm³/mol. The molecule has 26 heavy (non-hydrogen) atoms. The number of furan rings is 1. The molecule has 0 amide bonds. The SMILES string of the molecule is COc1ccc(C(=O)COC(=O)Cc2coc3cc(C)c(C)cc23)cc1. The summed E-state index contributed by atoms with van der Waals surface area (Å²) < 4.78 is 15.7. The Morgan fingerprint density at radius 3 is 2.42 bits per heavy atom. The van der Waals surface area contributed by atoms with Gasteiger partial charge in [-0.3, -0.25) is 9.59 Å². The lowest BCUT2D eigenvalue weighted by atomic mass is 10.0. The Morgan fingerprint density at radius 2 is 1.73 bits per heavy atom. The average Bonchev–Trinajstić information content (AvgIpc) is 3.01. The van der Waals surface area contributed by atoms with Crippen LogP contribution in [0.3, 0.4) is 0 Å². The highest BCUT2D eigenvalue weighted by atomic mass is 16.5. The fourth-order valence-corrected chi connectivity index (χ4v) is 2.69. The van der Waals surface area contributed by atoms with Gasteiger partial charge in [0.05, 0.1) is 19.8 Å². The van der Waals surface area contributed by atoms with Crippen LogP contribution in [0.1, 0.15) is 27.0 Å². The molecule has 0 N–H and O–H groups in total. The molecule has 0 bridgehead atoms. The van der Waals surface area contributed by atoms with Crippen LogP contribution in [0.15, 0.2) is 47.1 Å². The Hall–Kier alpha value is -3.08. The first-order chi connectivity index (χ1) is 12.5. The summed E-state index contributed by atoms with van der Waals surface area (Å²) in [6.45, 7) is 3.73. The molecule has 0 fully saturated rings. The van der Waals surface area contributed by atoms with Gasteiger partial charge < -0.3 is 13.9 Å². The zero-order valence-corrected chi connectivity index (χ0v) is 15.0. The first-order valence-electron chi connectivity index (χ1n) is 8.28. The first-order valence-corrected chi connectivity index (χ1v) is 8.28. The van der Waals surface area contributed by atoms with Gasteiger partial charge in [0.15, 0.2) is 12.4 Å². The second-order valence-corrected chi connectivity index (χ2v) is 6.18. The van der Waals surface area contributed by atoms with E-state index >= 15 is 0 Å². The lowest BCUT2D eigenvalue weighted by molar-refractivity contribution is -0.141. The van der Waals surface area contributed by atoms with Gasteiger partial charge in [-0.2, -0.15) is 0 Å². The Kier molecular flexibility index (Phi) is 5.07. The number of carbonyl (C=O) groups is 2. The monoisotopic (exact) mass is 352 g/mol. The van der Waals surface area contributed by atoms with Crippen molar-refractivity contribution >= 4 is 22.7 Å². The highest BCUT2D eigenvalue weighted by Gasteiger charge is 2.14. The minimum Gasteiger partial charge on any atom is -0.497 e. The summed E-state index contributed by atoms with van der Waals surface area (Å²) in [5, 5.41) is 0.895. The van der Waals surface area contributed by atoms with Crippen molar-refractivity contribution in [1.82, 2.24) is 0 Å². The second kappa shape index (κ2) is 7.44. The van der Waals surface area contributed by atoms with E-state index < -0.39 is 5.97 Å². The normalized spacial score (nSPS) is 10.7. The number of hydrogen-bond donors (Lipinski definition) is 0. The van der Waals surface area contributed by atoms with Gasteiger partial charge in [-0.1, -0.05) is 0 Å². The average molecular weight is 352 g/mol. The van der Waals surface area contributed by atoms with Crippen molar-refractivity contribution < 1.29 is 23.5 Å². The first kappa shape index (κ1) is 17.7. The van der Waals surface area contributed by atoms with E-state index in [2.05, 4.69) is 0 Å². The summed E-state index contributed by atoms with van der Waals surface area (Å²) in [4.78, 5) is 24.2. The van der Waals surface area contributed by atoms with Gasteiger partial charge in [0.1, 0.15) is 11.3 Å². The van der Waals surface area contributed by atoms with Crippen LogP contribution in [0.2, 0.25) is 0 Å². The molecule has 134 valence electrons. The number of aryl methyl sites for hydroxylation is 2. The van der Waals surface area contributed by atoms with E-state index in [1.807, 2.05) is 26.0 Å².